The molecule has 3 amide bonds. The maximum atomic E-state index is 12.0. The molecule has 4 heterocycles. The molecule has 4 N–H and O–H groups in total. The van der Waals surface area contributed by atoms with Crippen LogP contribution in [0.4, 0.5) is 22.1 Å². The van der Waals surface area contributed by atoms with E-state index >= 15 is 0 Å². The van der Waals surface area contributed by atoms with Gasteiger partial charge in [0, 0.05) is 35.2 Å². The number of urea groups is 1. The van der Waals surface area contributed by atoms with Crippen LogP contribution in [-0.4, -0.2) is 42.1 Å². The molecule has 176 valence electrons. The third-order valence-corrected chi connectivity index (χ3v) is 5.79. The summed E-state index contributed by atoms with van der Waals surface area (Å²) in [5.41, 5.74) is 5.22. The van der Waals surface area contributed by atoms with E-state index in [9.17, 15) is 9.59 Å². The SMILES string of the molecule is Cc1cc(Nc2cc(NC3CC3)n3ncc(/C=C4\NC(=O)NC4=O)c3n2)cc(-n2cnc(C)c2)c1. The van der Waals surface area contributed by atoms with Crippen molar-refractivity contribution in [3.63, 3.8) is 0 Å². The molecule has 0 unspecified atom stereocenters. The lowest BCUT2D eigenvalue weighted by atomic mass is 10.2. The van der Waals surface area contributed by atoms with E-state index in [1.165, 1.54) is 0 Å². The van der Waals surface area contributed by atoms with Crippen LogP contribution in [0.5, 0.6) is 0 Å². The van der Waals surface area contributed by atoms with Crippen LogP contribution in [0.25, 0.3) is 17.4 Å². The summed E-state index contributed by atoms with van der Waals surface area (Å²) in [6.07, 6.45) is 9.17. The Balaban J connectivity index is 1.40. The summed E-state index contributed by atoms with van der Waals surface area (Å²) in [6.45, 7) is 4.00. The molecule has 1 aliphatic carbocycles. The van der Waals surface area contributed by atoms with Gasteiger partial charge in [0.2, 0.25) is 0 Å². The van der Waals surface area contributed by atoms with Crippen molar-refractivity contribution in [1.29, 1.82) is 0 Å². The zero-order chi connectivity index (χ0) is 24.1. The number of carbonyl (C=O) groups excluding carboxylic acids is 2. The first-order valence-corrected chi connectivity index (χ1v) is 11.3. The molecule has 11 nitrogen and oxygen atoms in total. The Morgan fingerprint density at radius 2 is 1.97 bits per heavy atom. The highest BCUT2D eigenvalue weighted by atomic mass is 16.2. The highest BCUT2D eigenvalue weighted by Crippen LogP contribution is 2.29. The van der Waals surface area contributed by atoms with Crippen molar-refractivity contribution in [2.24, 2.45) is 0 Å². The van der Waals surface area contributed by atoms with Gasteiger partial charge >= 0.3 is 6.03 Å². The molecule has 11 heteroatoms. The quantitative estimate of drug-likeness (QED) is 0.252. The Morgan fingerprint density at radius 1 is 1.11 bits per heavy atom. The van der Waals surface area contributed by atoms with Crippen molar-refractivity contribution in [1.82, 2.24) is 34.8 Å². The van der Waals surface area contributed by atoms with Gasteiger partial charge in [0.05, 0.1) is 18.2 Å². The fraction of sp³-hybridized carbons (Fsp3) is 0.208. The Bertz CT molecular complexity index is 1530. The number of anilines is 3. The number of hydrogen-bond donors (Lipinski definition) is 4. The number of aromatic nitrogens is 5. The molecule has 4 aromatic rings. The van der Waals surface area contributed by atoms with Crippen LogP contribution in [0.15, 0.2) is 48.7 Å². The Hall–Kier alpha value is -4.67. The number of nitrogens with one attached hydrogen (secondary N) is 4. The molecule has 0 atom stereocenters. The Kier molecular flexibility index (Phi) is 4.76. The van der Waals surface area contributed by atoms with Crippen molar-refractivity contribution in [2.45, 2.75) is 32.7 Å². The predicted octanol–water partition coefficient (Wildman–Crippen LogP) is 3.03. The van der Waals surface area contributed by atoms with Crippen molar-refractivity contribution < 1.29 is 9.59 Å². The molecule has 0 bridgehead atoms. The monoisotopic (exact) mass is 469 g/mol. The third-order valence-electron chi connectivity index (χ3n) is 5.79. The van der Waals surface area contributed by atoms with Gasteiger partial charge in [0.1, 0.15) is 17.3 Å². The zero-order valence-electron chi connectivity index (χ0n) is 19.2. The van der Waals surface area contributed by atoms with E-state index in [0.29, 0.717) is 23.1 Å². The van der Waals surface area contributed by atoms with Crippen molar-refractivity contribution in [2.75, 3.05) is 10.6 Å². The van der Waals surface area contributed by atoms with E-state index in [4.69, 9.17) is 4.98 Å². The van der Waals surface area contributed by atoms with Crippen LogP contribution < -0.4 is 21.3 Å². The second-order valence-electron chi connectivity index (χ2n) is 8.85. The molecule has 6 rings (SSSR count). The number of hydrogen-bond acceptors (Lipinski definition) is 7. The van der Waals surface area contributed by atoms with Gasteiger partial charge in [0.15, 0.2) is 5.65 Å². The molecule has 1 saturated carbocycles. The summed E-state index contributed by atoms with van der Waals surface area (Å²) in [6, 6.07) is 7.94. The second-order valence-corrected chi connectivity index (χ2v) is 8.85. The molecule has 1 saturated heterocycles. The fourth-order valence-corrected chi connectivity index (χ4v) is 4.02. The van der Waals surface area contributed by atoms with E-state index in [1.54, 1.807) is 23.1 Å². The van der Waals surface area contributed by atoms with Gasteiger partial charge in [-0.15, -0.1) is 0 Å². The highest BCUT2D eigenvalue weighted by Gasteiger charge is 2.25. The summed E-state index contributed by atoms with van der Waals surface area (Å²) in [5.74, 6) is 0.934. The number of aryl methyl sites for hydroxylation is 2. The second kappa shape index (κ2) is 7.97. The van der Waals surface area contributed by atoms with Crippen LogP contribution in [0.2, 0.25) is 0 Å². The minimum atomic E-state index is -0.549. The molecule has 0 spiro atoms. The molecule has 2 fully saturated rings. The van der Waals surface area contributed by atoms with Gasteiger partial charge in [-0.25, -0.2) is 14.8 Å². The predicted molar refractivity (Wildman–Crippen MR) is 131 cm³/mol. The highest BCUT2D eigenvalue weighted by molar-refractivity contribution is 6.14. The summed E-state index contributed by atoms with van der Waals surface area (Å²) >= 11 is 0. The smallest absolute Gasteiger partial charge is 0.326 e. The van der Waals surface area contributed by atoms with Gasteiger partial charge in [-0.3, -0.25) is 10.1 Å². The van der Waals surface area contributed by atoms with Gasteiger partial charge < -0.3 is 20.5 Å². The summed E-state index contributed by atoms with van der Waals surface area (Å²) < 4.78 is 3.69. The minimum Gasteiger partial charge on any atom is -0.367 e. The molecule has 1 aliphatic heterocycles. The van der Waals surface area contributed by atoms with Crippen molar-refractivity contribution >= 4 is 41.0 Å². The average molecular weight is 470 g/mol. The normalized spacial score (nSPS) is 16.6. The van der Waals surface area contributed by atoms with E-state index in [2.05, 4.69) is 37.4 Å². The average Bonchev–Trinajstić information content (AvgIpc) is 3.20. The molecular formula is C24H23N9O2. The molecular weight excluding hydrogens is 446 g/mol. The van der Waals surface area contributed by atoms with Crippen molar-refractivity contribution in [3.05, 3.63) is 65.5 Å². The molecule has 35 heavy (non-hydrogen) atoms. The number of amides is 3. The lowest BCUT2D eigenvalue weighted by molar-refractivity contribution is -0.115. The number of carbonyl (C=O) groups is 2. The summed E-state index contributed by atoms with van der Waals surface area (Å²) in [4.78, 5) is 32.6. The Morgan fingerprint density at radius 3 is 2.69 bits per heavy atom. The van der Waals surface area contributed by atoms with E-state index in [0.717, 1.165) is 41.3 Å². The fourth-order valence-electron chi connectivity index (χ4n) is 4.02. The first-order valence-electron chi connectivity index (χ1n) is 11.3. The minimum absolute atomic E-state index is 0.153. The number of fused-ring (bicyclic) bond motifs is 1. The lowest BCUT2D eigenvalue weighted by Crippen LogP contribution is -2.22. The number of imide groups is 1. The first-order chi connectivity index (χ1) is 16.9. The van der Waals surface area contributed by atoms with Crippen molar-refractivity contribution in [3.8, 4) is 5.69 Å². The first kappa shape index (κ1) is 20.9. The van der Waals surface area contributed by atoms with E-state index < -0.39 is 11.9 Å². The molecule has 2 aliphatic rings. The van der Waals surface area contributed by atoms with Gasteiger partial charge in [-0.05, 0) is 56.5 Å². The topological polar surface area (TPSA) is 130 Å². The number of imidazole rings is 1. The van der Waals surface area contributed by atoms with Gasteiger partial charge in [0.25, 0.3) is 5.91 Å². The standard InChI is InChI=1S/C24H23N9O2/c1-13-5-17(8-18(6-13)32-11-14(2)25-12-32)27-20-9-21(28-16-3-4-16)33-22(30-20)15(10-26-33)7-19-23(34)31-24(35)29-19/h5-12,16,28H,3-4H2,1-2H3,(H,27,30)(H2,29,31,34,35)/b19-7-. The zero-order valence-corrected chi connectivity index (χ0v) is 19.2. The van der Waals surface area contributed by atoms with Crippen LogP contribution >= 0.6 is 0 Å². The largest absolute Gasteiger partial charge is 0.367 e. The van der Waals surface area contributed by atoms with E-state index in [-0.39, 0.29) is 5.70 Å². The van der Waals surface area contributed by atoms with E-state index in [1.807, 2.05) is 42.8 Å². The molecule has 3 aromatic heterocycles. The number of benzene rings is 1. The van der Waals surface area contributed by atoms with Crippen LogP contribution in [0.1, 0.15) is 29.7 Å². The third kappa shape index (κ3) is 4.19. The van der Waals surface area contributed by atoms with Crippen LogP contribution in [0.3, 0.4) is 0 Å². The summed E-state index contributed by atoms with van der Waals surface area (Å²) in [5, 5.41) is 16.1. The molecule has 1 aromatic carbocycles. The maximum absolute atomic E-state index is 12.0. The van der Waals surface area contributed by atoms with Gasteiger partial charge in [-0.1, -0.05) is 0 Å². The molecule has 0 radical (unpaired) electrons. The lowest BCUT2D eigenvalue weighted by Gasteiger charge is -2.13. The Labute approximate surface area is 200 Å². The van der Waals surface area contributed by atoms with Crippen LogP contribution in [-0.2, 0) is 4.79 Å². The number of rotatable bonds is 6. The number of nitrogens with zero attached hydrogens (tertiary/aromatic N) is 5. The summed E-state index contributed by atoms with van der Waals surface area (Å²) in [7, 11) is 0. The van der Waals surface area contributed by atoms with Crippen LogP contribution in [0, 0.1) is 13.8 Å². The van der Waals surface area contributed by atoms with Gasteiger partial charge in [-0.2, -0.15) is 9.61 Å². The maximum Gasteiger partial charge on any atom is 0.326 e.